The zero-order valence-corrected chi connectivity index (χ0v) is 44.0. The molecule has 0 aromatic heterocycles. The molecule has 2 aromatic rings. The van der Waals surface area contributed by atoms with Crippen LogP contribution in [0.2, 0.25) is 0 Å². The van der Waals surface area contributed by atoms with E-state index in [1.807, 2.05) is 48.3 Å². The van der Waals surface area contributed by atoms with Crippen LogP contribution in [0.25, 0.3) is 5.57 Å². The van der Waals surface area contributed by atoms with E-state index in [4.69, 9.17) is 28.8 Å². The van der Waals surface area contributed by atoms with E-state index in [1.54, 1.807) is 13.8 Å². The van der Waals surface area contributed by atoms with E-state index in [2.05, 4.69) is 28.8 Å². The third kappa shape index (κ3) is 15.1. The van der Waals surface area contributed by atoms with Crippen molar-refractivity contribution in [1.82, 2.24) is 19.8 Å². The maximum Gasteiger partial charge on any atom is 0.311 e. The van der Waals surface area contributed by atoms with Gasteiger partial charge in [-0.3, -0.25) is 23.8 Å². The van der Waals surface area contributed by atoms with Crippen molar-refractivity contribution in [3.05, 3.63) is 82.6 Å². The van der Waals surface area contributed by atoms with Crippen molar-refractivity contribution in [3.8, 4) is 5.75 Å². The molecule has 20 heteroatoms. The minimum absolute atomic E-state index is 0.0343. The number of fused-ring (bicyclic) bond motifs is 2. The number of sulfonamides is 1. The lowest BCUT2D eigenvalue weighted by atomic mass is 9.82. The highest BCUT2D eigenvalue weighted by Crippen LogP contribution is 2.45. The third-order valence-electron chi connectivity index (χ3n) is 13.8. The molecule has 0 bridgehead atoms. The highest BCUT2D eigenvalue weighted by atomic mass is 32.2. The van der Waals surface area contributed by atoms with Gasteiger partial charge in [-0.1, -0.05) is 44.2 Å². The normalized spacial score (nSPS) is 19.0. The first-order chi connectivity index (χ1) is 34.4. The summed E-state index contributed by atoms with van der Waals surface area (Å²) >= 11 is 0. The van der Waals surface area contributed by atoms with Crippen molar-refractivity contribution in [2.45, 2.75) is 120 Å². The van der Waals surface area contributed by atoms with Crippen LogP contribution in [0.15, 0.2) is 75.7 Å². The SMILES string of the molecule is CCN(CC)C1C=CC2=C(c3ccc(S(=O)(=O)NCCOCCOCCNC(=O)C(CCC(CC4CCCO4)N4CCCC4=O)CCC(C)(C)C(=O)OCCO)cc3S(=O)(=O)O)c3ccc(C)cc3OC2=C1. The van der Waals surface area contributed by atoms with Gasteiger partial charge in [0.25, 0.3) is 10.1 Å². The molecular formula is C52H74N4O14S2. The molecule has 4 N–H and O–H groups in total. The van der Waals surface area contributed by atoms with Crippen LogP contribution in [-0.2, 0) is 53.5 Å². The van der Waals surface area contributed by atoms with Gasteiger partial charge >= 0.3 is 5.97 Å². The van der Waals surface area contributed by atoms with Crippen molar-refractivity contribution < 1.29 is 64.6 Å². The van der Waals surface area contributed by atoms with Gasteiger partial charge < -0.3 is 39.0 Å². The van der Waals surface area contributed by atoms with Crippen molar-refractivity contribution in [2.24, 2.45) is 11.3 Å². The fraction of sp³-hybridized carbons (Fsp3) is 0.596. The minimum Gasteiger partial charge on any atom is -0.463 e. The Bertz CT molecular complexity index is 2530. The van der Waals surface area contributed by atoms with Gasteiger partial charge in [-0.15, -0.1) is 0 Å². The van der Waals surface area contributed by atoms with Crippen LogP contribution in [0.5, 0.6) is 5.75 Å². The van der Waals surface area contributed by atoms with Crippen molar-refractivity contribution in [3.63, 3.8) is 0 Å². The molecule has 72 heavy (non-hydrogen) atoms. The summed E-state index contributed by atoms with van der Waals surface area (Å²) in [5.74, 6) is 0.0474. The van der Waals surface area contributed by atoms with Crippen LogP contribution >= 0.6 is 0 Å². The largest absolute Gasteiger partial charge is 0.463 e. The molecule has 2 fully saturated rings. The molecule has 0 radical (unpaired) electrons. The molecule has 2 amide bonds. The van der Waals surface area contributed by atoms with Gasteiger partial charge in [-0.25, -0.2) is 13.1 Å². The zero-order valence-electron chi connectivity index (χ0n) is 42.4. The van der Waals surface area contributed by atoms with E-state index in [1.165, 1.54) is 12.1 Å². The summed E-state index contributed by atoms with van der Waals surface area (Å²) in [6.07, 6.45) is 11.8. The van der Waals surface area contributed by atoms with Crippen LogP contribution in [0.3, 0.4) is 0 Å². The predicted molar refractivity (Wildman–Crippen MR) is 270 cm³/mol. The summed E-state index contributed by atoms with van der Waals surface area (Å²) in [6.45, 7) is 12.6. The lowest BCUT2D eigenvalue weighted by Gasteiger charge is -2.32. The highest BCUT2D eigenvalue weighted by molar-refractivity contribution is 7.89. The van der Waals surface area contributed by atoms with E-state index in [0.29, 0.717) is 79.9 Å². The number of hydrogen-bond donors (Lipinski definition) is 4. The second-order valence-corrected chi connectivity index (χ2v) is 22.5. The molecule has 3 heterocycles. The Morgan fingerprint density at radius 3 is 2.35 bits per heavy atom. The van der Waals surface area contributed by atoms with Crippen LogP contribution < -0.4 is 14.8 Å². The number of carbonyl (C=O) groups is 3. The number of esters is 1. The molecule has 0 spiro atoms. The third-order valence-corrected chi connectivity index (χ3v) is 16.1. The van der Waals surface area contributed by atoms with E-state index in [9.17, 15) is 35.8 Å². The zero-order chi connectivity index (χ0) is 52.1. The van der Waals surface area contributed by atoms with Crippen molar-refractivity contribution in [2.75, 3.05) is 79.0 Å². The number of rotatable bonds is 29. The summed E-state index contributed by atoms with van der Waals surface area (Å²) < 4.78 is 94.8. The second-order valence-electron chi connectivity index (χ2n) is 19.3. The van der Waals surface area contributed by atoms with Crippen LogP contribution in [-0.4, -0.2) is 151 Å². The molecule has 0 saturated carbocycles. The lowest BCUT2D eigenvalue weighted by molar-refractivity contribution is -0.155. The number of nitrogens with zero attached hydrogens (tertiary/aromatic N) is 2. The molecule has 398 valence electrons. The smallest absolute Gasteiger partial charge is 0.311 e. The molecule has 2 aromatic carbocycles. The fourth-order valence-corrected chi connectivity index (χ4v) is 11.6. The van der Waals surface area contributed by atoms with Gasteiger partial charge in [-0.05, 0) is 115 Å². The number of likely N-dealkylation sites (tertiary alicyclic amines) is 1. The van der Waals surface area contributed by atoms with E-state index >= 15 is 0 Å². The number of carbonyl (C=O) groups excluding carboxylic acids is 3. The second kappa shape index (κ2) is 26.1. The van der Waals surface area contributed by atoms with E-state index in [-0.39, 0.29) is 93.2 Å². The van der Waals surface area contributed by atoms with Gasteiger partial charge in [-0.2, -0.15) is 8.42 Å². The number of likely N-dealkylation sites (N-methyl/N-ethyl adjacent to an activating group) is 1. The first-order valence-electron chi connectivity index (χ1n) is 25.3. The summed E-state index contributed by atoms with van der Waals surface area (Å²) in [7, 11) is -9.21. The van der Waals surface area contributed by atoms with Crippen molar-refractivity contribution in [1.29, 1.82) is 0 Å². The van der Waals surface area contributed by atoms with E-state index in [0.717, 1.165) is 44.0 Å². The van der Waals surface area contributed by atoms with Crippen LogP contribution in [0, 0.1) is 18.3 Å². The number of amides is 2. The maximum absolute atomic E-state index is 13.7. The summed E-state index contributed by atoms with van der Waals surface area (Å²) in [4.78, 5) is 42.5. The Balaban J connectivity index is 1.00. The van der Waals surface area contributed by atoms with Gasteiger partial charge in [0.1, 0.15) is 23.0 Å². The Labute approximate surface area is 425 Å². The van der Waals surface area contributed by atoms with Gasteiger partial charge in [0, 0.05) is 66.9 Å². The first kappa shape index (κ1) is 56.8. The number of aliphatic hydroxyl groups is 1. The molecule has 1 aliphatic carbocycles. The average molecular weight is 1040 g/mol. The molecule has 4 atom stereocenters. The Hall–Kier alpha value is -4.51. The Morgan fingerprint density at radius 1 is 0.944 bits per heavy atom. The number of aryl methyl sites for hydroxylation is 1. The molecule has 2 saturated heterocycles. The molecule has 18 nitrogen and oxygen atoms in total. The molecule has 4 unspecified atom stereocenters. The minimum atomic E-state index is -4.94. The topological polar surface area (TPSA) is 237 Å². The molecule has 3 aliphatic heterocycles. The lowest BCUT2D eigenvalue weighted by Crippen LogP contribution is -2.40. The predicted octanol–water partition coefficient (Wildman–Crippen LogP) is 5.33. The quantitative estimate of drug-likeness (QED) is 0.0458. The van der Waals surface area contributed by atoms with Crippen LogP contribution in [0.1, 0.15) is 102 Å². The van der Waals surface area contributed by atoms with Gasteiger partial charge in [0.15, 0.2) is 0 Å². The summed E-state index contributed by atoms with van der Waals surface area (Å²) in [5, 5.41) is 12.1. The van der Waals surface area contributed by atoms with Crippen molar-refractivity contribution >= 4 is 43.5 Å². The Morgan fingerprint density at radius 2 is 1.68 bits per heavy atom. The van der Waals surface area contributed by atoms with E-state index < -0.39 is 42.3 Å². The molecule has 4 aliphatic rings. The average Bonchev–Trinajstić information content (AvgIpc) is 4.03. The standard InChI is InChI=1S/C52H74N4O14S2/c1-6-55(7-2)38-15-18-43-46(34-38)70-45-32-36(3)12-17-42(45)49(43)44-19-16-41(35-47(44)72(63,64)65)71(61,62)54-23-28-67-31-30-66-27-22-53-50(59)37(20-21-52(4,5)51(60)69-29-25-57)13-14-39(33-40-10-9-26-68-40)56-24-8-11-48(56)58/h12,15-19,32,34-35,37-40,54,57H,6-11,13-14,20-31,33H2,1-5H3,(H,53,59)(H,63,64,65). The Kier molecular flexibility index (Phi) is 20.6. The van der Waals surface area contributed by atoms with Gasteiger partial charge in [0.2, 0.25) is 21.8 Å². The number of nitrogens with one attached hydrogen (secondary N) is 2. The number of hydrogen-bond acceptors (Lipinski definition) is 14. The fourth-order valence-electron chi connectivity index (χ4n) is 9.71. The van der Waals surface area contributed by atoms with Crippen LogP contribution in [0.4, 0.5) is 0 Å². The number of ether oxygens (including phenoxy) is 5. The number of aliphatic hydroxyl groups excluding tert-OH is 1. The first-order valence-corrected chi connectivity index (χ1v) is 28.2. The molecular weight excluding hydrogens is 969 g/mol. The number of allylic oxidation sites excluding steroid dienone is 1. The monoisotopic (exact) mass is 1040 g/mol. The van der Waals surface area contributed by atoms with Gasteiger partial charge in [0.05, 0.1) is 55.5 Å². The maximum atomic E-state index is 13.7. The number of benzene rings is 2. The highest BCUT2D eigenvalue weighted by Gasteiger charge is 2.36. The molecule has 6 rings (SSSR count). The summed E-state index contributed by atoms with van der Waals surface area (Å²) in [6, 6.07) is 9.04. The summed E-state index contributed by atoms with van der Waals surface area (Å²) in [5.41, 5.74) is 1.80.